The molecule has 0 aliphatic carbocycles. The highest BCUT2D eigenvalue weighted by Gasteiger charge is 2.33. The van der Waals surface area contributed by atoms with E-state index in [1.54, 1.807) is 13.8 Å². The summed E-state index contributed by atoms with van der Waals surface area (Å²) in [6, 6.07) is 1.56. The molecule has 0 aliphatic heterocycles. The van der Waals surface area contributed by atoms with E-state index in [-0.39, 0.29) is 33.0 Å². The maximum absolute atomic E-state index is 12.8. The van der Waals surface area contributed by atoms with E-state index in [2.05, 4.69) is 39.3 Å². The highest BCUT2D eigenvalue weighted by molar-refractivity contribution is 7.52. The fourth-order valence-electron chi connectivity index (χ4n) is 4.43. The molecule has 2 atom stereocenters. The molecule has 0 rings (SSSR count). The summed E-state index contributed by atoms with van der Waals surface area (Å²) in [5.41, 5.74) is 0.692. The predicted octanol–water partition coefficient (Wildman–Crippen LogP) is 5.57. The van der Waals surface area contributed by atoms with Gasteiger partial charge in [-0.2, -0.15) is 0 Å². The number of carbonyl (C=O) groups is 2. The van der Waals surface area contributed by atoms with Crippen molar-refractivity contribution in [2.24, 2.45) is 0 Å². The maximum Gasteiger partial charge on any atom is 0.472 e. The van der Waals surface area contributed by atoms with Gasteiger partial charge in [0.15, 0.2) is 16.6 Å². The molecule has 0 aliphatic rings. The summed E-state index contributed by atoms with van der Waals surface area (Å²) < 4.78 is 64.7. The number of hydrogen-bond acceptors (Lipinski definition) is 11. The number of likely N-dealkylation sites (N-methyl/N-ethyl adjacent to an activating group) is 2. The summed E-state index contributed by atoms with van der Waals surface area (Å²) in [4.78, 5) is 33.2. The summed E-state index contributed by atoms with van der Waals surface area (Å²) in [5.74, 6) is -0.859. The molecule has 0 fully saturated rings. The molecule has 0 bridgehead atoms. The number of esters is 2. The number of ether oxygens (including phenoxy) is 2. The van der Waals surface area contributed by atoms with E-state index in [1.807, 2.05) is 28.2 Å². The van der Waals surface area contributed by atoms with Gasteiger partial charge in [-0.25, -0.2) is 14.2 Å². The van der Waals surface area contributed by atoms with Crippen molar-refractivity contribution >= 4 is 44.0 Å². The van der Waals surface area contributed by atoms with Crippen LogP contribution in [0.25, 0.3) is 0 Å². The molecule has 49 heavy (non-hydrogen) atoms. The van der Waals surface area contributed by atoms with Crippen LogP contribution in [0.4, 0.5) is 0 Å². The summed E-state index contributed by atoms with van der Waals surface area (Å²) in [5, 5.41) is 0. The Morgan fingerprint density at radius 1 is 0.633 bits per heavy atom. The first-order valence-electron chi connectivity index (χ1n) is 16.7. The molecule has 0 amide bonds. The van der Waals surface area contributed by atoms with E-state index in [1.165, 1.54) is 6.66 Å². The number of nitrogens with zero attached hydrogens (tertiary/aromatic N) is 2. The maximum atomic E-state index is 12.8. The monoisotopic (exact) mass is 776 g/mol. The molecule has 0 saturated carbocycles. The number of quaternary nitrogens is 2. The molecule has 0 saturated heterocycles. The van der Waals surface area contributed by atoms with Gasteiger partial charge in [0.25, 0.3) is 0 Å². The molecule has 14 nitrogen and oxygen atoms in total. The molecule has 0 spiro atoms. The van der Waals surface area contributed by atoms with Crippen LogP contribution >= 0.6 is 15.4 Å². The first-order chi connectivity index (χ1) is 22.2. The van der Waals surface area contributed by atoms with E-state index >= 15 is 0 Å². The Labute approximate surface area is 297 Å². The van der Waals surface area contributed by atoms with Crippen molar-refractivity contribution in [3.05, 3.63) is 24.3 Å². The molecule has 2 unspecified atom stereocenters. The van der Waals surface area contributed by atoms with Gasteiger partial charge in [0, 0.05) is 17.8 Å². The van der Waals surface area contributed by atoms with Gasteiger partial charge < -0.3 is 36.5 Å². The van der Waals surface area contributed by atoms with Crippen molar-refractivity contribution < 1.29 is 64.3 Å². The first kappa shape index (κ1) is 48.0. The zero-order valence-corrected chi connectivity index (χ0v) is 35.8. The van der Waals surface area contributed by atoms with Crippen molar-refractivity contribution in [2.45, 2.75) is 65.0 Å². The molecule has 0 radical (unpaired) electrons. The summed E-state index contributed by atoms with van der Waals surface area (Å²) >= 11 is 0. The third-order valence-corrected chi connectivity index (χ3v) is 17.4. The van der Waals surface area contributed by atoms with Crippen molar-refractivity contribution in [1.29, 1.82) is 0 Å². The van der Waals surface area contributed by atoms with Gasteiger partial charge in [0.1, 0.15) is 52.6 Å². The van der Waals surface area contributed by atoms with E-state index in [0.717, 1.165) is 12.1 Å². The van der Waals surface area contributed by atoms with Gasteiger partial charge in [-0.15, -0.1) is 0 Å². The molecular weight excluding hydrogens is 710 g/mol. The zero-order chi connectivity index (χ0) is 38.2. The predicted molar refractivity (Wildman–Crippen MR) is 197 cm³/mol. The van der Waals surface area contributed by atoms with Crippen LogP contribution in [-0.2, 0) is 50.4 Å². The zero-order valence-electron chi connectivity index (χ0n) is 32.0. The van der Waals surface area contributed by atoms with E-state index in [0.29, 0.717) is 65.7 Å². The Kier molecular flexibility index (Phi) is 21.1. The lowest BCUT2D eigenvalue weighted by molar-refractivity contribution is -0.890. The normalized spacial score (nSPS) is 15.3. The summed E-state index contributed by atoms with van der Waals surface area (Å²) in [7, 11) is -3.83. The molecule has 0 heterocycles. The number of phosphoric ester groups is 1. The van der Waals surface area contributed by atoms with Gasteiger partial charge in [0.05, 0.1) is 41.4 Å². The standard InChI is InChI=1S/C31H65N2O12P2Si2/c1-28(2)30(34)39-22-16-32(5,6)18-24-42-46(9,36)41-20-14-26-48(10,11)45-49(12,13)27-15-21-43-47(37,38)44-25-19-33(7,8)17-23-40-31(35)29(3)4/h1,3,14-27H2,2,4-13H3/q+1/p+1. The highest BCUT2D eigenvalue weighted by atomic mass is 31.2. The molecular formula is C31H66N2O12P2Si2+2. The van der Waals surface area contributed by atoms with Gasteiger partial charge in [-0.3, -0.25) is 13.6 Å². The van der Waals surface area contributed by atoms with Crippen LogP contribution in [0, 0.1) is 0 Å². The third-order valence-electron chi connectivity index (χ3n) is 7.51. The number of rotatable bonds is 28. The quantitative estimate of drug-likeness (QED) is 0.0264. The lowest BCUT2D eigenvalue weighted by Gasteiger charge is -2.34. The van der Waals surface area contributed by atoms with Crippen LogP contribution in [0.2, 0.25) is 38.3 Å². The smallest absolute Gasteiger partial charge is 0.456 e. The molecule has 0 aromatic heterocycles. The number of phosphoric acid groups is 1. The average molecular weight is 777 g/mol. The van der Waals surface area contributed by atoms with E-state index < -0.39 is 44.0 Å². The largest absolute Gasteiger partial charge is 0.472 e. The lowest BCUT2D eigenvalue weighted by Crippen LogP contribution is -2.44. The van der Waals surface area contributed by atoms with Crippen LogP contribution in [0.15, 0.2) is 24.3 Å². The van der Waals surface area contributed by atoms with Crippen LogP contribution in [-0.4, -0.2) is 143 Å². The van der Waals surface area contributed by atoms with Crippen molar-refractivity contribution in [1.82, 2.24) is 0 Å². The van der Waals surface area contributed by atoms with Crippen molar-refractivity contribution in [3.63, 3.8) is 0 Å². The molecule has 1 N–H and O–H groups in total. The van der Waals surface area contributed by atoms with Gasteiger partial charge in [0.2, 0.25) is 0 Å². The minimum absolute atomic E-state index is 0.00946. The second-order valence-corrected chi connectivity index (χ2v) is 27.4. The van der Waals surface area contributed by atoms with Gasteiger partial charge in [-0.05, 0) is 65.0 Å². The molecule has 18 heteroatoms. The third kappa shape index (κ3) is 25.6. The number of hydrogen-bond donors (Lipinski definition) is 1. The second kappa shape index (κ2) is 21.5. The Bertz CT molecular complexity index is 1090. The SMILES string of the molecule is C=C(C)C(=O)OCC[N+](C)(C)CCOP(C)(=O)OCCC[Si](C)(C)O[Si](C)(C)CCCOP(=O)(O)OCC[N+](C)(C)CCOC(=O)C(=C)C. The lowest BCUT2D eigenvalue weighted by atomic mass is 10.4. The van der Waals surface area contributed by atoms with Crippen molar-refractivity contribution in [2.75, 3.05) is 101 Å². The van der Waals surface area contributed by atoms with Gasteiger partial charge >= 0.3 is 27.4 Å². The molecule has 0 aromatic rings. The minimum atomic E-state index is -4.21. The summed E-state index contributed by atoms with van der Waals surface area (Å²) in [6.07, 6.45) is 1.24. The number of carbonyl (C=O) groups excluding carboxylic acids is 2. The minimum Gasteiger partial charge on any atom is -0.456 e. The van der Waals surface area contributed by atoms with Gasteiger partial charge in [-0.1, -0.05) is 13.2 Å². The second-order valence-electron chi connectivity index (χ2n) is 15.0. The van der Waals surface area contributed by atoms with E-state index in [4.69, 9.17) is 31.7 Å². The summed E-state index contributed by atoms with van der Waals surface area (Å²) in [6.45, 7) is 23.5. The Balaban J connectivity index is 4.38. The molecule has 0 aromatic carbocycles. The van der Waals surface area contributed by atoms with Crippen LogP contribution in [0.1, 0.15) is 26.7 Å². The Morgan fingerprint density at radius 2 is 0.959 bits per heavy atom. The van der Waals surface area contributed by atoms with Crippen LogP contribution in [0.3, 0.4) is 0 Å². The average Bonchev–Trinajstić information content (AvgIpc) is 2.92. The van der Waals surface area contributed by atoms with E-state index in [9.17, 15) is 23.6 Å². The first-order valence-corrected chi connectivity index (χ1v) is 26.4. The molecule has 288 valence electrons. The Morgan fingerprint density at radius 3 is 1.37 bits per heavy atom. The fourth-order valence-corrected chi connectivity index (χ4v) is 14.9. The highest BCUT2D eigenvalue weighted by Crippen LogP contribution is 2.44. The topological polar surface area (TPSA) is 153 Å². The van der Waals surface area contributed by atoms with Crippen molar-refractivity contribution in [3.8, 4) is 0 Å². The fraction of sp³-hybridized carbons (Fsp3) is 0.806. The Hall–Kier alpha value is -1.01. The van der Waals surface area contributed by atoms with Crippen LogP contribution in [0.5, 0.6) is 0 Å². The van der Waals surface area contributed by atoms with Crippen LogP contribution < -0.4 is 0 Å².